The van der Waals surface area contributed by atoms with Gasteiger partial charge in [0.2, 0.25) is 5.91 Å². The minimum Gasteiger partial charge on any atom is -0.493 e. The molecule has 0 saturated carbocycles. The van der Waals surface area contributed by atoms with E-state index in [9.17, 15) is 23.1 Å². The van der Waals surface area contributed by atoms with Gasteiger partial charge >= 0.3 is 6.36 Å². The SMILES string of the molecule is COCCCOc1cc(CC(CC[C@@H](O)CC(C(=O)NCc2cccc(OC(F)(F)F)c2)C(C)C)C(C)C)ccc1OC. The van der Waals surface area contributed by atoms with Gasteiger partial charge in [-0.25, -0.2) is 0 Å². The van der Waals surface area contributed by atoms with Crippen molar-refractivity contribution < 1.29 is 42.0 Å². The van der Waals surface area contributed by atoms with E-state index >= 15 is 0 Å². The highest BCUT2D eigenvalue weighted by molar-refractivity contribution is 5.78. The number of hydrogen-bond acceptors (Lipinski definition) is 6. The van der Waals surface area contributed by atoms with Crippen LogP contribution in [0.2, 0.25) is 0 Å². The largest absolute Gasteiger partial charge is 0.573 e. The minimum absolute atomic E-state index is 0.0305. The molecule has 0 fully saturated rings. The first-order valence-corrected chi connectivity index (χ1v) is 14.9. The fraction of sp³-hybridized carbons (Fsp3) is 0.606. The average molecular weight is 612 g/mol. The fourth-order valence-electron chi connectivity index (χ4n) is 4.99. The van der Waals surface area contributed by atoms with Crippen LogP contribution in [-0.4, -0.2) is 50.9 Å². The molecule has 7 nitrogen and oxygen atoms in total. The maximum absolute atomic E-state index is 13.0. The number of halogens is 3. The van der Waals surface area contributed by atoms with Crippen LogP contribution in [0.5, 0.6) is 17.2 Å². The third kappa shape index (κ3) is 13.5. The number of rotatable bonds is 19. The molecule has 0 aliphatic heterocycles. The summed E-state index contributed by atoms with van der Waals surface area (Å²) in [6.07, 6.45) is -2.23. The Kier molecular flexibility index (Phi) is 15.1. The van der Waals surface area contributed by atoms with Crippen molar-refractivity contribution in [3.63, 3.8) is 0 Å². The zero-order chi connectivity index (χ0) is 32.0. The number of benzene rings is 2. The summed E-state index contributed by atoms with van der Waals surface area (Å²) in [4.78, 5) is 13.0. The monoisotopic (exact) mass is 611 g/mol. The summed E-state index contributed by atoms with van der Waals surface area (Å²) in [5.74, 6) is 1.01. The Balaban J connectivity index is 1.95. The van der Waals surface area contributed by atoms with Gasteiger partial charge in [-0.15, -0.1) is 13.2 Å². The van der Waals surface area contributed by atoms with Crippen molar-refractivity contribution in [3.05, 3.63) is 53.6 Å². The normalized spacial score (nSPS) is 14.0. The van der Waals surface area contributed by atoms with Gasteiger partial charge in [-0.3, -0.25) is 4.79 Å². The molecule has 0 saturated heterocycles. The van der Waals surface area contributed by atoms with Crippen LogP contribution in [0.15, 0.2) is 42.5 Å². The maximum Gasteiger partial charge on any atom is 0.573 e. The van der Waals surface area contributed by atoms with Gasteiger partial charge in [0.05, 0.1) is 19.8 Å². The molecule has 2 aromatic carbocycles. The van der Waals surface area contributed by atoms with Crippen LogP contribution in [-0.2, 0) is 22.5 Å². The average Bonchev–Trinajstić information content (AvgIpc) is 2.94. The van der Waals surface area contributed by atoms with E-state index in [1.54, 1.807) is 20.3 Å². The second-order valence-electron chi connectivity index (χ2n) is 11.6. The van der Waals surface area contributed by atoms with Crippen molar-refractivity contribution >= 4 is 5.91 Å². The minimum atomic E-state index is -4.79. The second-order valence-corrected chi connectivity index (χ2v) is 11.6. The van der Waals surface area contributed by atoms with Gasteiger partial charge in [-0.2, -0.15) is 0 Å². The first kappa shape index (κ1) is 36.2. The number of methoxy groups -OCH3 is 2. The summed E-state index contributed by atoms with van der Waals surface area (Å²) in [5, 5.41) is 13.8. The summed E-state index contributed by atoms with van der Waals surface area (Å²) in [6, 6.07) is 11.5. The number of nitrogens with one attached hydrogen (secondary N) is 1. The van der Waals surface area contributed by atoms with Gasteiger partial charge in [-0.05, 0) is 78.8 Å². The lowest BCUT2D eigenvalue weighted by atomic mass is 9.82. The van der Waals surface area contributed by atoms with E-state index in [0.717, 1.165) is 24.8 Å². The van der Waals surface area contributed by atoms with E-state index in [-0.39, 0.29) is 24.1 Å². The van der Waals surface area contributed by atoms with Gasteiger partial charge in [-0.1, -0.05) is 45.9 Å². The molecule has 43 heavy (non-hydrogen) atoms. The Hall–Kier alpha value is -2.98. The summed E-state index contributed by atoms with van der Waals surface area (Å²) in [5.41, 5.74) is 1.61. The lowest BCUT2D eigenvalue weighted by Gasteiger charge is -2.26. The van der Waals surface area contributed by atoms with Crippen LogP contribution in [0.4, 0.5) is 13.2 Å². The Morgan fingerprint density at radius 3 is 2.30 bits per heavy atom. The summed E-state index contributed by atoms with van der Waals surface area (Å²) in [6.45, 7) is 9.38. The molecule has 0 heterocycles. The number of ether oxygens (including phenoxy) is 4. The Morgan fingerprint density at radius 2 is 1.67 bits per heavy atom. The van der Waals surface area contributed by atoms with Crippen molar-refractivity contribution in [2.24, 2.45) is 23.7 Å². The van der Waals surface area contributed by atoms with Crippen LogP contribution < -0.4 is 19.5 Å². The second kappa shape index (κ2) is 18.0. The lowest BCUT2D eigenvalue weighted by Crippen LogP contribution is -2.35. The molecule has 3 atom stereocenters. The first-order valence-electron chi connectivity index (χ1n) is 14.9. The molecule has 2 unspecified atom stereocenters. The summed E-state index contributed by atoms with van der Waals surface area (Å²) >= 11 is 0. The van der Waals surface area contributed by atoms with Gasteiger partial charge in [0.15, 0.2) is 11.5 Å². The molecular weight excluding hydrogens is 563 g/mol. The predicted octanol–water partition coefficient (Wildman–Crippen LogP) is 6.94. The van der Waals surface area contributed by atoms with Gasteiger partial charge in [0.1, 0.15) is 5.75 Å². The van der Waals surface area contributed by atoms with E-state index in [2.05, 4.69) is 23.9 Å². The summed E-state index contributed by atoms with van der Waals surface area (Å²) < 4.78 is 58.1. The van der Waals surface area contributed by atoms with E-state index < -0.39 is 18.4 Å². The summed E-state index contributed by atoms with van der Waals surface area (Å²) in [7, 11) is 3.27. The number of alkyl halides is 3. The number of carbonyl (C=O) groups is 1. The van der Waals surface area contributed by atoms with Crippen molar-refractivity contribution in [1.82, 2.24) is 5.32 Å². The number of amides is 1. The van der Waals surface area contributed by atoms with Crippen LogP contribution in [0.1, 0.15) is 64.5 Å². The smallest absolute Gasteiger partial charge is 0.493 e. The standard InChI is InChI=1S/C33H48F3NO6/c1-22(2)26(17-24-11-14-30(41-6)31(19-24)42-16-8-15-40-5)12-13-27(38)20-29(23(3)4)32(39)37-21-25-9-7-10-28(18-25)43-33(34,35)36/h7,9-11,14,18-19,22-23,26-27,29,38H,8,12-13,15-17,20-21H2,1-6H3,(H,37,39)/t26?,27-,29?/m1/s1. The highest BCUT2D eigenvalue weighted by Crippen LogP contribution is 2.32. The molecule has 0 aliphatic rings. The third-order valence-corrected chi connectivity index (χ3v) is 7.56. The van der Waals surface area contributed by atoms with Crippen molar-refractivity contribution in [2.75, 3.05) is 27.4 Å². The Bertz CT molecular complexity index is 1110. The molecule has 2 N–H and O–H groups in total. The van der Waals surface area contributed by atoms with Crippen LogP contribution in [0, 0.1) is 23.7 Å². The molecule has 2 rings (SSSR count). The van der Waals surface area contributed by atoms with Crippen LogP contribution >= 0.6 is 0 Å². The molecule has 242 valence electrons. The van der Waals surface area contributed by atoms with E-state index in [0.29, 0.717) is 55.0 Å². The number of hydrogen-bond donors (Lipinski definition) is 2. The zero-order valence-corrected chi connectivity index (χ0v) is 26.2. The highest BCUT2D eigenvalue weighted by Gasteiger charge is 2.31. The molecule has 0 spiro atoms. The van der Waals surface area contributed by atoms with E-state index in [4.69, 9.17) is 14.2 Å². The molecular formula is C33H48F3NO6. The Labute approximate surface area is 254 Å². The van der Waals surface area contributed by atoms with Gasteiger partial charge in [0.25, 0.3) is 0 Å². The van der Waals surface area contributed by atoms with E-state index in [1.165, 1.54) is 18.2 Å². The van der Waals surface area contributed by atoms with Crippen LogP contribution in [0.3, 0.4) is 0 Å². The molecule has 10 heteroatoms. The topological polar surface area (TPSA) is 86.2 Å². The van der Waals surface area contributed by atoms with Gasteiger partial charge in [0, 0.05) is 32.6 Å². The van der Waals surface area contributed by atoms with Crippen molar-refractivity contribution in [2.45, 2.75) is 78.8 Å². The van der Waals surface area contributed by atoms with Crippen molar-refractivity contribution in [3.8, 4) is 17.2 Å². The fourth-order valence-corrected chi connectivity index (χ4v) is 4.99. The Morgan fingerprint density at radius 1 is 0.930 bits per heavy atom. The predicted molar refractivity (Wildman–Crippen MR) is 160 cm³/mol. The number of carbonyl (C=O) groups excluding carboxylic acids is 1. The first-order chi connectivity index (χ1) is 20.3. The molecule has 2 aromatic rings. The van der Waals surface area contributed by atoms with Crippen LogP contribution in [0.25, 0.3) is 0 Å². The molecule has 0 aromatic heterocycles. The van der Waals surface area contributed by atoms with E-state index in [1.807, 2.05) is 32.0 Å². The van der Waals surface area contributed by atoms with Crippen molar-refractivity contribution in [1.29, 1.82) is 0 Å². The number of aliphatic hydroxyl groups excluding tert-OH is 1. The highest BCUT2D eigenvalue weighted by atomic mass is 19.4. The number of aliphatic hydroxyl groups is 1. The maximum atomic E-state index is 13.0. The quantitative estimate of drug-likeness (QED) is 0.167. The molecule has 1 amide bonds. The molecule has 0 aliphatic carbocycles. The molecule has 0 bridgehead atoms. The zero-order valence-electron chi connectivity index (χ0n) is 26.2. The molecule has 0 radical (unpaired) electrons. The third-order valence-electron chi connectivity index (χ3n) is 7.56. The lowest BCUT2D eigenvalue weighted by molar-refractivity contribution is -0.274. The van der Waals surface area contributed by atoms with Gasteiger partial charge < -0.3 is 29.4 Å².